The summed E-state index contributed by atoms with van der Waals surface area (Å²) in [4.78, 5) is 14.6. The number of likely N-dealkylation sites (tertiary alicyclic amines) is 1. The maximum absolute atomic E-state index is 12.9. The van der Waals surface area contributed by atoms with Crippen molar-refractivity contribution in [2.24, 2.45) is 5.92 Å². The Balaban J connectivity index is 1.53. The van der Waals surface area contributed by atoms with Gasteiger partial charge >= 0.3 is 0 Å². The number of amides is 1. The topological polar surface area (TPSA) is 32.3 Å². The van der Waals surface area contributed by atoms with Crippen LogP contribution in [0.1, 0.15) is 18.4 Å². The largest absolute Gasteiger partial charge is 0.326 e. The fourth-order valence-electron chi connectivity index (χ4n) is 3.04. The molecule has 0 saturated carbocycles. The molecule has 1 amide bonds. The summed E-state index contributed by atoms with van der Waals surface area (Å²) in [7, 11) is 0. The number of nitrogens with zero attached hydrogens (tertiary/aromatic N) is 1. The summed E-state index contributed by atoms with van der Waals surface area (Å²) in [5.74, 6) is -0.366. The van der Waals surface area contributed by atoms with E-state index in [1.54, 1.807) is 12.1 Å². The highest BCUT2D eigenvalue weighted by molar-refractivity contribution is 6.35. The molecule has 0 unspecified atom stereocenters. The van der Waals surface area contributed by atoms with E-state index in [0.29, 0.717) is 22.3 Å². The van der Waals surface area contributed by atoms with Crippen molar-refractivity contribution in [2.45, 2.75) is 19.4 Å². The van der Waals surface area contributed by atoms with Crippen LogP contribution in [0.2, 0.25) is 10.0 Å². The second-order valence-electron chi connectivity index (χ2n) is 6.25. The number of anilines is 1. The van der Waals surface area contributed by atoms with Gasteiger partial charge < -0.3 is 5.32 Å². The van der Waals surface area contributed by atoms with Gasteiger partial charge in [-0.15, -0.1) is 0 Å². The zero-order chi connectivity index (χ0) is 17.8. The predicted molar refractivity (Wildman–Crippen MR) is 99.5 cm³/mol. The molecule has 0 aromatic heterocycles. The lowest BCUT2D eigenvalue weighted by Gasteiger charge is -2.31. The molecule has 2 aromatic rings. The molecule has 0 spiro atoms. The van der Waals surface area contributed by atoms with Gasteiger partial charge in [0.05, 0.1) is 0 Å². The molecular weight excluding hydrogens is 362 g/mol. The molecule has 0 bridgehead atoms. The van der Waals surface area contributed by atoms with Crippen LogP contribution >= 0.6 is 23.2 Å². The van der Waals surface area contributed by atoms with E-state index in [4.69, 9.17) is 23.2 Å². The van der Waals surface area contributed by atoms with Crippen LogP contribution in [0.4, 0.5) is 10.1 Å². The number of hydrogen-bond acceptors (Lipinski definition) is 2. The Kier molecular flexibility index (Phi) is 5.94. The highest BCUT2D eigenvalue weighted by atomic mass is 35.5. The summed E-state index contributed by atoms with van der Waals surface area (Å²) >= 11 is 12.5. The predicted octanol–water partition coefficient (Wildman–Crippen LogP) is 4.98. The third-order valence-electron chi connectivity index (χ3n) is 4.51. The number of carbonyl (C=O) groups is 1. The summed E-state index contributed by atoms with van der Waals surface area (Å²) in [5.41, 5.74) is 1.55. The highest BCUT2D eigenvalue weighted by Gasteiger charge is 2.25. The van der Waals surface area contributed by atoms with Crippen LogP contribution in [-0.2, 0) is 11.3 Å². The van der Waals surface area contributed by atoms with Crippen molar-refractivity contribution in [1.29, 1.82) is 0 Å². The molecule has 0 radical (unpaired) electrons. The van der Waals surface area contributed by atoms with Crippen molar-refractivity contribution >= 4 is 34.8 Å². The van der Waals surface area contributed by atoms with Crippen molar-refractivity contribution in [3.8, 4) is 0 Å². The van der Waals surface area contributed by atoms with E-state index in [-0.39, 0.29) is 17.6 Å². The van der Waals surface area contributed by atoms with Crippen LogP contribution in [0.3, 0.4) is 0 Å². The van der Waals surface area contributed by atoms with E-state index < -0.39 is 0 Å². The quantitative estimate of drug-likeness (QED) is 0.810. The van der Waals surface area contributed by atoms with Crippen LogP contribution in [0, 0.1) is 11.7 Å². The molecule has 1 N–H and O–H groups in total. The lowest BCUT2D eigenvalue weighted by Crippen LogP contribution is -2.37. The van der Waals surface area contributed by atoms with Crippen molar-refractivity contribution in [1.82, 2.24) is 4.90 Å². The van der Waals surface area contributed by atoms with Gasteiger partial charge in [0.1, 0.15) is 5.82 Å². The second-order valence-corrected chi connectivity index (χ2v) is 7.06. The normalized spacial score (nSPS) is 16.0. The zero-order valence-electron chi connectivity index (χ0n) is 13.6. The Hall–Kier alpha value is -1.62. The first-order chi connectivity index (χ1) is 12.0. The molecule has 1 fully saturated rings. The minimum Gasteiger partial charge on any atom is -0.326 e. The summed E-state index contributed by atoms with van der Waals surface area (Å²) < 4.78 is 12.9. The molecule has 6 heteroatoms. The maximum atomic E-state index is 12.9. The number of hydrogen-bond donors (Lipinski definition) is 1. The minimum absolute atomic E-state index is 0.0120. The minimum atomic E-state index is -0.315. The van der Waals surface area contributed by atoms with E-state index >= 15 is 0 Å². The lowest BCUT2D eigenvalue weighted by atomic mass is 9.95. The SMILES string of the molecule is O=C(Nc1ccc(F)cc1)C1CCN(Cc2c(Cl)cccc2Cl)CC1. The standard InChI is InChI=1S/C19H19Cl2FN2O/c20-17-2-1-3-18(21)16(17)12-24-10-8-13(9-11-24)19(25)23-15-6-4-14(22)5-7-15/h1-7,13H,8-12H2,(H,23,25). The van der Waals surface area contributed by atoms with E-state index in [1.165, 1.54) is 12.1 Å². The second kappa shape index (κ2) is 8.17. The van der Waals surface area contributed by atoms with Crippen molar-refractivity contribution in [2.75, 3.05) is 18.4 Å². The van der Waals surface area contributed by atoms with Crippen LogP contribution < -0.4 is 5.32 Å². The Morgan fingerprint density at radius 1 is 1.08 bits per heavy atom. The van der Waals surface area contributed by atoms with E-state index in [9.17, 15) is 9.18 Å². The van der Waals surface area contributed by atoms with E-state index in [1.807, 2.05) is 18.2 Å². The van der Waals surface area contributed by atoms with Gasteiger partial charge in [-0.3, -0.25) is 9.69 Å². The number of rotatable bonds is 4. The first-order valence-electron chi connectivity index (χ1n) is 8.24. The van der Waals surface area contributed by atoms with Gasteiger partial charge in [0, 0.05) is 33.8 Å². The molecule has 132 valence electrons. The molecular formula is C19H19Cl2FN2O. The third kappa shape index (κ3) is 4.72. The molecule has 1 saturated heterocycles. The van der Waals surface area contributed by atoms with E-state index in [2.05, 4.69) is 10.2 Å². The van der Waals surface area contributed by atoms with Gasteiger partial charge in [0.25, 0.3) is 0 Å². The first kappa shape index (κ1) is 18.2. The molecule has 3 nitrogen and oxygen atoms in total. The third-order valence-corrected chi connectivity index (χ3v) is 5.22. The van der Waals surface area contributed by atoms with E-state index in [0.717, 1.165) is 31.5 Å². The average Bonchev–Trinajstić information content (AvgIpc) is 2.61. The van der Waals surface area contributed by atoms with Crippen molar-refractivity contribution in [3.63, 3.8) is 0 Å². The fraction of sp³-hybridized carbons (Fsp3) is 0.316. The van der Waals surface area contributed by atoms with Crippen LogP contribution in [0.15, 0.2) is 42.5 Å². The van der Waals surface area contributed by atoms with Crippen molar-refractivity contribution in [3.05, 3.63) is 63.9 Å². The molecule has 25 heavy (non-hydrogen) atoms. The first-order valence-corrected chi connectivity index (χ1v) is 9.00. The van der Waals surface area contributed by atoms with Crippen molar-refractivity contribution < 1.29 is 9.18 Å². The molecule has 2 aromatic carbocycles. The summed E-state index contributed by atoms with van der Waals surface area (Å²) in [6.45, 7) is 2.30. The van der Waals surface area contributed by atoms with Crippen LogP contribution in [0.5, 0.6) is 0 Å². The monoisotopic (exact) mass is 380 g/mol. The molecule has 1 heterocycles. The molecule has 1 aliphatic rings. The highest BCUT2D eigenvalue weighted by Crippen LogP contribution is 2.28. The van der Waals surface area contributed by atoms with Gasteiger partial charge in [-0.05, 0) is 62.3 Å². The Bertz CT molecular complexity index is 723. The molecule has 0 aliphatic carbocycles. The molecule has 0 atom stereocenters. The number of piperidine rings is 1. The smallest absolute Gasteiger partial charge is 0.227 e. The fourth-order valence-corrected chi connectivity index (χ4v) is 3.55. The molecule has 1 aliphatic heterocycles. The zero-order valence-corrected chi connectivity index (χ0v) is 15.2. The number of nitrogens with one attached hydrogen (secondary N) is 1. The number of halogens is 3. The number of benzene rings is 2. The van der Waals surface area contributed by atoms with Crippen LogP contribution in [-0.4, -0.2) is 23.9 Å². The van der Waals surface area contributed by atoms with Gasteiger partial charge in [0.15, 0.2) is 0 Å². The summed E-state index contributed by atoms with van der Waals surface area (Å²) in [6, 6.07) is 11.3. The maximum Gasteiger partial charge on any atom is 0.227 e. The summed E-state index contributed by atoms with van der Waals surface area (Å²) in [5, 5.41) is 4.20. The Morgan fingerprint density at radius 2 is 1.68 bits per heavy atom. The average molecular weight is 381 g/mol. The van der Waals surface area contributed by atoms with Gasteiger partial charge in [-0.1, -0.05) is 29.3 Å². The van der Waals surface area contributed by atoms with Gasteiger partial charge in [-0.2, -0.15) is 0 Å². The number of carbonyl (C=O) groups excluding carboxylic acids is 1. The molecule has 3 rings (SSSR count). The summed E-state index contributed by atoms with van der Waals surface area (Å²) in [6.07, 6.45) is 1.55. The Labute approximate surface area is 156 Å². The van der Waals surface area contributed by atoms with Gasteiger partial charge in [-0.25, -0.2) is 4.39 Å². The van der Waals surface area contributed by atoms with Gasteiger partial charge in [0.2, 0.25) is 5.91 Å². The van der Waals surface area contributed by atoms with Crippen LogP contribution in [0.25, 0.3) is 0 Å². The lowest BCUT2D eigenvalue weighted by molar-refractivity contribution is -0.121. The Morgan fingerprint density at radius 3 is 2.28 bits per heavy atom.